The van der Waals surface area contributed by atoms with Crippen molar-refractivity contribution in [3.05, 3.63) is 97.3 Å². The maximum atomic E-state index is 4.32. The highest BCUT2D eigenvalue weighted by molar-refractivity contribution is 6.08. The van der Waals surface area contributed by atoms with Crippen molar-refractivity contribution < 1.29 is 0 Å². The molecule has 25 heavy (non-hydrogen) atoms. The van der Waals surface area contributed by atoms with E-state index in [9.17, 15) is 0 Å². The van der Waals surface area contributed by atoms with Gasteiger partial charge in [0, 0.05) is 28.9 Å². The fourth-order valence-corrected chi connectivity index (χ4v) is 3.55. The van der Waals surface area contributed by atoms with Crippen LogP contribution in [0.2, 0.25) is 0 Å². The van der Waals surface area contributed by atoms with Gasteiger partial charge in [-0.3, -0.25) is 4.98 Å². The third-order valence-corrected chi connectivity index (χ3v) is 4.69. The Hall–Kier alpha value is -3.39. The lowest BCUT2D eigenvalue weighted by Crippen LogP contribution is -1.94. The highest BCUT2D eigenvalue weighted by Gasteiger charge is 2.12. The fraction of sp³-hybridized carbons (Fsp3) is 0. The predicted octanol–water partition coefficient (Wildman–Crippen LogP) is 5.85. The van der Waals surface area contributed by atoms with Crippen LogP contribution < -0.4 is 0 Å². The molecule has 0 amide bonds. The van der Waals surface area contributed by atoms with Crippen LogP contribution in [0.25, 0.3) is 38.6 Å². The number of fused-ring (bicyclic) bond motifs is 3. The van der Waals surface area contributed by atoms with E-state index in [-0.39, 0.29) is 0 Å². The third kappa shape index (κ3) is 2.23. The molecule has 0 N–H and O–H groups in total. The summed E-state index contributed by atoms with van der Waals surface area (Å²) >= 11 is 0. The maximum Gasteiger partial charge on any atom is 0.0571 e. The van der Waals surface area contributed by atoms with Gasteiger partial charge in [-0.05, 0) is 35.4 Å². The quantitative estimate of drug-likeness (QED) is 0.399. The maximum absolute atomic E-state index is 4.32. The SMILES string of the molecule is c1ccc(-c2cccc(-n3c4ccccc4c4cnccc43)c2)cc1. The van der Waals surface area contributed by atoms with Crippen molar-refractivity contribution in [3.8, 4) is 16.8 Å². The second-order valence-corrected chi connectivity index (χ2v) is 6.16. The van der Waals surface area contributed by atoms with Crippen LogP contribution in [-0.2, 0) is 0 Å². The summed E-state index contributed by atoms with van der Waals surface area (Å²) < 4.78 is 2.32. The molecule has 0 aliphatic carbocycles. The Bertz CT molecular complexity index is 1130. The predicted molar refractivity (Wildman–Crippen MR) is 104 cm³/mol. The molecule has 0 bridgehead atoms. The van der Waals surface area contributed by atoms with Crippen molar-refractivity contribution >= 4 is 21.8 Å². The molecule has 5 aromatic rings. The van der Waals surface area contributed by atoms with Gasteiger partial charge in [-0.1, -0.05) is 60.7 Å². The van der Waals surface area contributed by atoms with Crippen LogP contribution in [0.4, 0.5) is 0 Å². The molecule has 3 aromatic carbocycles. The van der Waals surface area contributed by atoms with Gasteiger partial charge in [0.25, 0.3) is 0 Å². The smallest absolute Gasteiger partial charge is 0.0571 e. The van der Waals surface area contributed by atoms with Gasteiger partial charge in [-0.25, -0.2) is 0 Å². The Kier molecular flexibility index (Phi) is 3.14. The average molecular weight is 320 g/mol. The minimum absolute atomic E-state index is 1.17. The Labute approximate surface area is 146 Å². The molecule has 0 radical (unpaired) electrons. The number of para-hydroxylation sites is 1. The first-order valence-corrected chi connectivity index (χ1v) is 8.41. The molecule has 2 nitrogen and oxygen atoms in total. The van der Waals surface area contributed by atoms with E-state index in [2.05, 4.69) is 88.4 Å². The Morgan fingerprint density at radius 3 is 2.28 bits per heavy atom. The minimum atomic E-state index is 1.17. The largest absolute Gasteiger partial charge is 0.309 e. The molecule has 0 unspecified atom stereocenters. The average Bonchev–Trinajstić information content (AvgIpc) is 3.03. The van der Waals surface area contributed by atoms with E-state index in [0.29, 0.717) is 0 Å². The van der Waals surface area contributed by atoms with Crippen LogP contribution in [0.5, 0.6) is 0 Å². The Morgan fingerprint density at radius 1 is 0.600 bits per heavy atom. The normalized spacial score (nSPS) is 11.2. The second kappa shape index (κ2) is 5.60. The van der Waals surface area contributed by atoms with Crippen molar-refractivity contribution in [3.63, 3.8) is 0 Å². The zero-order valence-electron chi connectivity index (χ0n) is 13.6. The molecule has 0 saturated carbocycles. The van der Waals surface area contributed by atoms with E-state index < -0.39 is 0 Å². The number of hydrogen-bond acceptors (Lipinski definition) is 1. The van der Waals surface area contributed by atoms with Crippen molar-refractivity contribution in [2.75, 3.05) is 0 Å². The summed E-state index contributed by atoms with van der Waals surface area (Å²) in [5.41, 5.74) is 6.00. The first-order valence-electron chi connectivity index (χ1n) is 8.41. The molecule has 2 heterocycles. The Balaban J connectivity index is 1.81. The summed E-state index contributed by atoms with van der Waals surface area (Å²) in [6.45, 7) is 0. The molecule has 0 aliphatic heterocycles. The molecule has 0 atom stereocenters. The van der Waals surface area contributed by atoms with Gasteiger partial charge < -0.3 is 4.57 Å². The topological polar surface area (TPSA) is 17.8 Å². The zero-order chi connectivity index (χ0) is 16.6. The van der Waals surface area contributed by atoms with E-state index in [0.717, 1.165) is 0 Å². The van der Waals surface area contributed by atoms with Gasteiger partial charge in [-0.15, -0.1) is 0 Å². The van der Waals surface area contributed by atoms with Crippen molar-refractivity contribution in [2.24, 2.45) is 0 Å². The van der Waals surface area contributed by atoms with Crippen LogP contribution >= 0.6 is 0 Å². The van der Waals surface area contributed by atoms with E-state index >= 15 is 0 Å². The number of pyridine rings is 1. The molecule has 0 saturated heterocycles. The van der Waals surface area contributed by atoms with E-state index in [4.69, 9.17) is 0 Å². The van der Waals surface area contributed by atoms with Crippen LogP contribution in [0.15, 0.2) is 97.3 Å². The van der Waals surface area contributed by atoms with Gasteiger partial charge in [0.15, 0.2) is 0 Å². The van der Waals surface area contributed by atoms with Crippen molar-refractivity contribution in [2.45, 2.75) is 0 Å². The van der Waals surface area contributed by atoms with E-state index in [1.165, 1.54) is 38.6 Å². The summed E-state index contributed by atoms with van der Waals surface area (Å²) in [6.07, 6.45) is 3.81. The second-order valence-electron chi connectivity index (χ2n) is 6.16. The first-order chi connectivity index (χ1) is 12.4. The summed E-state index contributed by atoms with van der Waals surface area (Å²) in [5, 5.41) is 2.42. The van der Waals surface area contributed by atoms with Gasteiger partial charge >= 0.3 is 0 Å². The molecule has 2 heteroatoms. The number of benzene rings is 3. The lowest BCUT2D eigenvalue weighted by atomic mass is 10.1. The summed E-state index contributed by atoms with van der Waals surface area (Å²) in [6, 6.07) is 29.8. The zero-order valence-corrected chi connectivity index (χ0v) is 13.6. The summed E-state index contributed by atoms with van der Waals surface area (Å²) in [7, 11) is 0. The van der Waals surface area contributed by atoms with Gasteiger partial charge in [0.1, 0.15) is 0 Å². The van der Waals surface area contributed by atoms with Crippen molar-refractivity contribution in [1.82, 2.24) is 9.55 Å². The third-order valence-electron chi connectivity index (χ3n) is 4.69. The monoisotopic (exact) mass is 320 g/mol. The number of hydrogen-bond donors (Lipinski definition) is 0. The van der Waals surface area contributed by atoms with Gasteiger partial charge in [0.2, 0.25) is 0 Å². The Morgan fingerprint density at radius 2 is 1.36 bits per heavy atom. The van der Waals surface area contributed by atoms with Gasteiger partial charge in [-0.2, -0.15) is 0 Å². The standard InChI is InChI=1S/C23H16N2/c1-2-7-17(8-3-1)18-9-6-10-19(15-18)25-22-12-5-4-11-20(22)21-16-24-14-13-23(21)25/h1-16H. The molecule has 5 rings (SSSR count). The molecule has 0 spiro atoms. The number of nitrogens with zero attached hydrogens (tertiary/aromatic N) is 2. The molecule has 0 aliphatic rings. The number of aromatic nitrogens is 2. The molecular formula is C23H16N2. The highest BCUT2D eigenvalue weighted by Crippen LogP contribution is 2.32. The van der Waals surface area contributed by atoms with Crippen LogP contribution in [0, 0.1) is 0 Å². The molecule has 2 aromatic heterocycles. The minimum Gasteiger partial charge on any atom is -0.309 e. The fourth-order valence-electron chi connectivity index (χ4n) is 3.55. The highest BCUT2D eigenvalue weighted by atomic mass is 15.0. The summed E-state index contributed by atoms with van der Waals surface area (Å²) in [5.74, 6) is 0. The van der Waals surface area contributed by atoms with Gasteiger partial charge in [0.05, 0.1) is 11.0 Å². The molecule has 118 valence electrons. The number of rotatable bonds is 2. The molecular weight excluding hydrogens is 304 g/mol. The van der Waals surface area contributed by atoms with Crippen LogP contribution in [0.3, 0.4) is 0 Å². The molecule has 0 fully saturated rings. The summed E-state index contributed by atoms with van der Waals surface area (Å²) in [4.78, 5) is 4.32. The van der Waals surface area contributed by atoms with E-state index in [1.54, 1.807) is 0 Å². The lowest BCUT2D eigenvalue weighted by molar-refractivity contribution is 1.17. The lowest BCUT2D eigenvalue weighted by Gasteiger charge is -2.10. The first kappa shape index (κ1) is 14.0. The van der Waals surface area contributed by atoms with Crippen molar-refractivity contribution in [1.29, 1.82) is 0 Å². The van der Waals surface area contributed by atoms with E-state index in [1.807, 2.05) is 18.5 Å². The van der Waals surface area contributed by atoms with Crippen LogP contribution in [-0.4, -0.2) is 9.55 Å². The van der Waals surface area contributed by atoms with Crippen LogP contribution in [0.1, 0.15) is 0 Å².